The third-order valence-electron chi connectivity index (χ3n) is 2.28. The molecule has 1 heterocycles. The predicted molar refractivity (Wildman–Crippen MR) is 62.6 cm³/mol. The first-order chi connectivity index (χ1) is 7.21. The molecule has 0 aliphatic rings. The Kier molecular flexibility index (Phi) is 4.81. The molecule has 0 aliphatic heterocycles. The van der Waals surface area contributed by atoms with Crippen molar-refractivity contribution >= 4 is 15.9 Å². The number of rotatable bonds is 5. The first-order valence-corrected chi connectivity index (χ1v) is 6.01. The van der Waals surface area contributed by atoms with E-state index in [0.29, 0.717) is 18.3 Å². The van der Waals surface area contributed by atoms with Crippen molar-refractivity contribution in [2.75, 3.05) is 12.4 Å². The Balaban J connectivity index is 2.87. The van der Waals surface area contributed by atoms with Crippen LogP contribution >= 0.6 is 15.9 Å². The Bertz CT molecular complexity index is 361. The van der Waals surface area contributed by atoms with Crippen molar-refractivity contribution in [3.8, 4) is 5.88 Å². The summed E-state index contributed by atoms with van der Waals surface area (Å²) in [7, 11) is 1.54. The van der Waals surface area contributed by atoms with Crippen LogP contribution in [0.3, 0.4) is 0 Å². The van der Waals surface area contributed by atoms with Crippen LogP contribution < -0.4 is 10.3 Å². The fourth-order valence-electron chi connectivity index (χ4n) is 1.20. The molecule has 0 amide bonds. The van der Waals surface area contributed by atoms with Gasteiger partial charge in [0.1, 0.15) is 0 Å². The topological polar surface area (TPSA) is 44.1 Å². The molecule has 0 aromatic carbocycles. The number of aromatic nitrogens is 2. The molecular formula is C10H15BrN2O2. The van der Waals surface area contributed by atoms with Crippen molar-refractivity contribution in [2.45, 2.75) is 19.9 Å². The van der Waals surface area contributed by atoms with Crippen LogP contribution in [-0.4, -0.2) is 22.2 Å². The van der Waals surface area contributed by atoms with Crippen LogP contribution in [0.2, 0.25) is 0 Å². The van der Waals surface area contributed by atoms with Gasteiger partial charge in [0, 0.05) is 24.0 Å². The highest BCUT2D eigenvalue weighted by Gasteiger charge is 2.08. The third-order valence-corrected chi connectivity index (χ3v) is 3.19. The third kappa shape index (κ3) is 3.34. The van der Waals surface area contributed by atoms with E-state index in [1.54, 1.807) is 13.2 Å². The maximum absolute atomic E-state index is 11.5. The number of halogens is 1. The molecule has 84 valence electrons. The molecule has 0 N–H and O–H groups in total. The summed E-state index contributed by atoms with van der Waals surface area (Å²) >= 11 is 3.42. The Morgan fingerprint density at radius 1 is 1.60 bits per heavy atom. The first kappa shape index (κ1) is 12.2. The lowest BCUT2D eigenvalue weighted by molar-refractivity contribution is 0.359. The van der Waals surface area contributed by atoms with Gasteiger partial charge in [-0.05, 0) is 5.92 Å². The van der Waals surface area contributed by atoms with Gasteiger partial charge in [-0.15, -0.1) is 5.10 Å². The SMILES string of the molecule is CCC(CBr)Cn1nc(OC)ccc1=O. The monoisotopic (exact) mass is 274 g/mol. The number of nitrogens with zero attached hydrogens (tertiary/aromatic N) is 2. The normalized spacial score (nSPS) is 12.5. The van der Waals surface area contributed by atoms with Crippen molar-refractivity contribution in [3.05, 3.63) is 22.5 Å². The molecule has 0 saturated heterocycles. The van der Waals surface area contributed by atoms with E-state index in [1.807, 2.05) is 0 Å². The quantitative estimate of drug-likeness (QED) is 0.768. The van der Waals surface area contributed by atoms with E-state index >= 15 is 0 Å². The van der Waals surface area contributed by atoms with E-state index in [2.05, 4.69) is 28.0 Å². The molecule has 1 aromatic heterocycles. The molecule has 0 radical (unpaired) electrons. The number of hydrogen-bond acceptors (Lipinski definition) is 3. The zero-order valence-corrected chi connectivity index (χ0v) is 10.5. The summed E-state index contributed by atoms with van der Waals surface area (Å²) in [5.74, 6) is 0.890. The van der Waals surface area contributed by atoms with Crippen LogP contribution in [0.1, 0.15) is 13.3 Å². The molecule has 5 heteroatoms. The number of hydrogen-bond donors (Lipinski definition) is 0. The minimum Gasteiger partial charge on any atom is -0.480 e. The Hall–Kier alpha value is -0.840. The molecule has 0 saturated carbocycles. The van der Waals surface area contributed by atoms with Gasteiger partial charge in [-0.25, -0.2) is 4.68 Å². The van der Waals surface area contributed by atoms with Crippen molar-refractivity contribution in [1.29, 1.82) is 0 Å². The number of ether oxygens (including phenoxy) is 1. The van der Waals surface area contributed by atoms with E-state index in [4.69, 9.17) is 4.74 Å². The van der Waals surface area contributed by atoms with Gasteiger partial charge in [0.05, 0.1) is 7.11 Å². The van der Waals surface area contributed by atoms with Crippen LogP contribution in [0.15, 0.2) is 16.9 Å². The summed E-state index contributed by atoms with van der Waals surface area (Å²) in [6, 6.07) is 3.06. The lowest BCUT2D eigenvalue weighted by Gasteiger charge is -2.12. The second-order valence-electron chi connectivity index (χ2n) is 3.32. The van der Waals surface area contributed by atoms with E-state index in [-0.39, 0.29) is 5.56 Å². The lowest BCUT2D eigenvalue weighted by atomic mass is 10.1. The number of alkyl halides is 1. The lowest BCUT2D eigenvalue weighted by Crippen LogP contribution is -2.26. The summed E-state index contributed by atoms with van der Waals surface area (Å²) in [6.07, 6.45) is 1.01. The van der Waals surface area contributed by atoms with Gasteiger partial charge in [0.15, 0.2) is 0 Å². The van der Waals surface area contributed by atoms with Gasteiger partial charge in [-0.1, -0.05) is 29.3 Å². The average Bonchev–Trinajstić information content (AvgIpc) is 2.28. The maximum Gasteiger partial charge on any atom is 0.266 e. The van der Waals surface area contributed by atoms with Crippen molar-refractivity contribution < 1.29 is 4.74 Å². The zero-order valence-electron chi connectivity index (χ0n) is 8.94. The zero-order chi connectivity index (χ0) is 11.3. The van der Waals surface area contributed by atoms with Crippen LogP contribution in [0.5, 0.6) is 5.88 Å². The molecule has 0 aliphatic carbocycles. The summed E-state index contributed by atoms with van der Waals surface area (Å²) in [5, 5.41) is 4.96. The fourth-order valence-corrected chi connectivity index (χ4v) is 1.86. The van der Waals surface area contributed by atoms with Crippen molar-refractivity contribution in [2.24, 2.45) is 5.92 Å². The second kappa shape index (κ2) is 5.90. The smallest absolute Gasteiger partial charge is 0.266 e. The van der Waals surface area contributed by atoms with Crippen molar-refractivity contribution in [3.63, 3.8) is 0 Å². The average molecular weight is 275 g/mol. The summed E-state index contributed by atoms with van der Waals surface area (Å²) in [6.45, 7) is 2.72. The molecule has 0 fully saturated rings. The van der Waals surface area contributed by atoms with Gasteiger partial charge in [-0.3, -0.25) is 4.79 Å². The fraction of sp³-hybridized carbons (Fsp3) is 0.600. The van der Waals surface area contributed by atoms with Crippen LogP contribution in [0, 0.1) is 5.92 Å². The van der Waals surface area contributed by atoms with E-state index in [9.17, 15) is 4.79 Å². The van der Waals surface area contributed by atoms with Gasteiger partial charge < -0.3 is 4.74 Å². The second-order valence-corrected chi connectivity index (χ2v) is 3.97. The highest BCUT2D eigenvalue weighted by atomic mass is 79.9. The van der Waals surface area contributed by atoms with Gasteiger partial charge in [0.25, 0.3) is 5.56 Å². The maximum atomic E-state index is 11.5. The van der Waals surface area contributed by atoms with Gasteiger partial charge >= 0.3 is 0 Å². The van der Waals surface area contributed by atoms with E-state index < -0.39 is 0 Å². The van der Waals surface area contributed by atoms with Crippen LogP contribution in [-0.2, 0) is 6.54 Å². The standard InChI is InChI=1S/C10H15BrN2O2/c1-3-8(6-11)7-13-10(14)5-4-9(12-13)15-2/h4-5,8H,3,6-7H2,1-2H3. The molecule has 0 bridgehead atoms. The molecule has 1 atom stereocenters. The minimum absolute atomic E-state index is 0.0878. The van der Waals surface area contributed by atoms with Crippen molar-refractivity contribution in [1.82, 2.24) is 9.78 Å². The molecular weight excluding hydrogens is 260 g/mol. The molecule has 15 heavy (non-hydrogen) atoms. The molecule has 1 unspecified atom stereocenters. The van der Waals surface area contributed by atoms with Crippen LogP contribution in [0.25, 0.3) is 0 Å². The highest BCUT2D eigenvalue weighted by molar-refractivity contribution is 9.09. The minimum atomic E-state index is -0.0878. The Morgan fingerprint density at radius 2 is 2.33 bits per heavy atom. The molecule has 1 rings (SSSR count). The summed E-state index contributed by atoms with van der Waals surface area (Å²) < 4.78 is 6.43. The Labute approximate surface area is 97.4 Å². The summed E-state index contributed by atoms with van der Waals surface area (Å²) in [4.78, 5) is 11.5. The van der Waals surface area contributed by atoms with Crippen LogP contribution in [0.4, 0.5) is 0 Å². The predicted octanol–water partition coefficient (Wildman–Crippen LogP) is 1.67. The van der Waals surface area contributed by atoms with Gasteiger partial charge in [-0.2, -0.15) is 0 Å². The molecule has 1 aromatic rings. The highest BCUT2D eigenvalue weighted by Crippen LogP contribution is 2.09. The van der Waals surface area contributed by atoms with E-state index in [0.717, 1.165) is 11.8 Å². The van der Waals surface area contributed by atoms with Gasteiger partial charge in [0.2, 0.25) is 5.88 Å². The van der Waals surface area contributed by atoms with E-state index in [1.165, 1.54) is 10.7 Å². The molecule has 4 nitrogen and oxygen atoms in total. The largest absolute Gasteiger partial charge is 0.480 e. The Morgan fingerprint density at radius 3 is 2.87 bits per heavy atom. The molecule has 0 spiro atoms. The first-order valence-electron chi connectivity index (χ1n) is 4.89. The number of methoxy groups -OCH3 is 1. The summed E-state index contributed by atoms with van der Waals surface area (Å²) in [5.41, 5.74) is -0.0878.